The van der Waals surface area contributed by atoms with E-state index in [9.17, 15) is 9.59 Å². The van der Waals surface area contributed by atoms with E-state index in [0.717, 1.165) is 44.2 Å². The Kier molecular flexibility index (Phi) is 11.0. The molecule has 0 aliphatic rings. The van der Waals surface area contributed by atoms with E-state index in [2.05, 4.69) is 62.5 Å². The van der Waals surface area contributed by atoms with Gasteiger partial charge in [-0.05, 0) is 52.4 Å². The number of nitrogens with one attached hydrogen (secondary N) is 2. The van der Waals surface area contributed by atoms with Crippen LogP contribution in [0.4, 0.5) is 0 Å². The molecule has 0 radical (unpaired) electrons. The van der Waals surface area contributed by atoms with E-state index in [4.69, 9.17) is 4.74 Å². The first-order chi connectivity index (χ1) is 15.4. The van der Waals surface area contributed by atoms with Gasteiger partial charge in [0.15, 0.2) is 0 Å². The zero-order valence-corrected chi connectivity index (χ0v) is 22.4. The van der Waals surface area contributed by atoms with E-state index < -0.39 is 0 Å². The first kappa shape index (κ1) is 29.1. The first-order valence-corrected chi connectivity index (χ1v) is 12.4. The summed E-state index contributed by atoms with van der Waals surface area (Å²) < 4.78 is 8.27. The molecule has 1 aromatic heterocycles. The molecule has 190 valence electrons. The molecule has 2 amide bonds. The maximum absolute atomic E-state index is 12.2. The average Bonchev–Trinajstić information content (AvgIpc) is 3.28. The highest BCUT2D eigenvalue weighted by Gasteiger charge is 2.33. The number of carbonyl (C=O) groups is 2. The van der Waals surface area contributed by atoms with Crippen LogP contribution in [-0.4, -0.2) is 52.6 Å². The Hall–Kier alpha value is -1.96. The van der Waals surface area contributed by atoms with E-state index in [1.54, 1.807) is 7.05 Å². The van der Waals surface area contributed by atoms with Crippen LogP contribution in [0.1, 0.15) is 99.6 Å². The summed E-state index contributed by atoms with van der Waals surface area (Å²) in [5.74, 6) is 0.00816. The quantitative estimate of drug-likeness (QED) is 0.409. The lowest BCUT2D eigenvalue weighted by Gasteiger charge is -2.33. The van der Waals surface area contributed by atoms with Gasteiger partial charge in [0.1, 0.15) is 0 Å². The molecule has 1 rings (SSSR count). The summed E-state index contributed by atoms with van der Waals surface area (Å²) >= 11 is 0. The minimum atomic E-state index is -0.276. The second kappa shape index (κ2) is 12.5. The van der Waals surface area contributed by atoms with Crippen LogP contribution in [0.3, 0.4) is 0 Å². The van der Waals surface area contributed by atoms with Gasteiger partial charge in [0.2, 0.25) is 11.8 Å². The number of ether oxygens (including phenoxy) is 1. The monoisotopic (exact) mass is 465 g/mol. The molecule has 33 heavy (non-hydrogen) atoms. The molecule has 0 bridgehead atoms. The topological polar surface area (TPSA) is 98.1 Å². The zero-order chi connectivity index (χ0) is 25.3. The number of amides is 2. The van der Waals surface area contributed by atoms with E-state index in [-0.39, 0.29) is 34.3 Å². The lowest BCUT2D eigenvalue weighted by atomic mass is 9.79. The Labute approximate surface area is 200 Å². The minimum Gasteiger partial charge on any atom is -0.375 e. The molecule has 1 heterocycles. The third-order valence-corrected chi connectivity index (χ3v) is 7.24. The molecule has 2 N–H and O–H groups in total. The maximum Gasteiger partial charge on any atom is 0.222 e. The van der Waals surface area contributed by atoms with Gasteiger partial charge in [-0.15, -0.1) is 5.10 Å². The summed E-state index contributed by atoms with van der Waals surface area (Å²) in [6.07, 6.45) is 6.90. The lowest BCUT2D eigenvalue weighted by Crippen LogP contribution is -2.37. The Morgan fingerprint density at radius 3 is 2.30 bits per heavy atom. The summed E-state index contributed by atoms with van der Waals surface area (Å²) in [5, 5.41) is 14.6. The van der Waals surface area contributed by atoms with Crippen molar-refractivity contribution in [3.63, 3.8) is 0 Å². The molecule has 0 aliphatic heterocycles. The lowest BCUT2D eigenvalue weighted by molar-refractivity contribution is -0.125. The fourth-order valence-corrected chi connectivity index (χ4v) is 4.01. The predicted octanol–water partition coefficient (Wildman–Crippen LogP) is 3.94. The SMILES string of the molecule is CCC(CC(C)(C)c1cn(C(C)(CC)CCOC(C)(CC)CCNC(C)=O)nn1)C(=O)NC. The van der Waals surface area contributed by atoms with Crippen molar-refractivity contribution < 1.29 is 14.3 Å². The van der Waals surface area contributed by atoms with Crippen LogP contribution >= 0.6 is 0 Å². The van der Waals surface area contributed by atoms with Crippen LogP contribution in [0.5, 0.6) is 0 Å². The minimum absolute atomic E-state index is 0.0162. The number of nitrogens with zero attached hydrogens (tertiary/aromatic N) is 3. The highest BCUT2D eigenvalue weighted by Crippen LogP contribution is 2.33. The molecule has 0 saturated heterocycles. The van der Waals surface area contributed by atoms with Crippen molar-refractivity contribution in [2.24, 2.45) is 5.92 Å². The number of rotatable bonds is 15. The molecule has 1 aromatic rings. The summed E-state index contributed by atoms with van der Waals surface area (Å²) in [5.41, 5.74) is 0.139. The highest BCUT2D eigenvalue weighted by atomic mass is 16.5. The second-order valence-electron chi connectivity index (χ2n) is 10.3. The van der Waals surface area contributed by atoms with Gasteiger partial charge >= 0.3 is 0 Å². The number of hydrogen-bond acceptors (Lipinski definition) is 5. The Morgan fingerprint density at radius 1 is 1.12 bits per heavy atom. The molecule has 0 saturated carbocycles. The molecule has 3 unspecified atom stereocenters. The van der Waals surface area contributed by atoms with Crippen molar-refractivity contribution in [1.29, 1.82) is 0 Å². The molecule has 0 aromatic carbocycles. The van der Waals surface area contributed by atoms with Crippen LogP contribution in [0.2, 0.25) is 0 Å². The summed E-state index contributed by atoms with van der Waals surface area (Å²) in [6.45, 7) is 17.6. The molecular weight excluding hydrogens is 418 g/mol. The average molecular weight is 466 g/mol. The van der Waals surface area contributed by atoms with Gasteiger partial charge in [-0.1, -0.05) is 39.8 Å². The van der Waals surface area contributed by atoms with E-state index in [1.165, 1.54) is 6.92 Å². The van der Waals surface area contributed by atoms with Crippen LogP contribution in [0, 0.1) is 5.92 Å². The fourth-order valence-electron chi connectivity index (χ4n) is 4.01. The van der Waals surface area contributed by atoms with Crippen molar-refractivity contribution in [3.8, 4) is 0 Å². The van der Waals surface area contributed by atoms with Crippen molar-refractivity contribution in [2.45, 2.75) is 110 Å². The van der Waals surface area contributed by atoms with Crippen LogP contribution < -0.4 is 10.6 Å². The molecule has 8 nitrogen and oxygen atoms in total. The highest BCUT2D eigenvalue weighted by molar-refractivity contribution is 5.78. The largest absolute Gasteiger partial charge is 0.375 e. The molecule has 8 heteroatoms. The van der Waals surface area contributed by atoms with Gasteiger partial charge in [-0.25, -0.2) is 4.68 Å². The number of carbonyl (C=O) groups excluding carboxylic acids is 2. The summed E-state index contributed by atoms with van der Waals surface area (Å²) in [4.78, 5) is 23.4. The predicted molar refractivity (Wildman–Crippen MR) is 132 cm³/mol. The number of aromatic nitrogens is 3. The molecule has 3 atom stereocenters. The van der Waals surface area contributed by atoms with Gasteiger partial charge < -0.3 is 15.4 Å². The molecule has 0 fully saturated rings. The fraction of sp³-hybridized carbons (Fsp3) is 0.840. The number of hydrogen-bond donors (Lipinski definition) is 2. The van der Waals surface area contributed by atoms with E-state index >= 15 is 0 Å². The van der Waals surface area contributed by atoms with Crippen LogP contribution in [-0.2, 0) is 25.3 Å². The van der Waals surface area contributed by atoms with Gasteiger partial charge in [-0.3, -0.25) is 9.59 Å². The van der Waals surface area contributed by atoms with Crippen molar-refractivity contribution in [2.75, 3.05) is 20.2 Å². The Morgan fingerprint density at radius 2 is 1.79 bits per heavy atom. The Bertz CT molecular complexity index is 763. The van der Waals surface area contributed by atoms with Crippen LogP contribution in [0.15, 0.2) is 6.20 Å². The Balaban J connectivity index is 2.86. The van der Waals surface area contributed by atoms with Gasteiger partial charge in [0.05, 0.1) is 16.8 Å². The smallest absolute Gasteiger partial charge is 0.222 e. The molecule has 0 spiro atoms. The van der Waals surface area contributed by atoms with Gasteiger partial charge in [-0.2, -0.15) is 0 Å². The second-order valence-corrected chi connectivity index (χ2v) is 10.3. The third kappa shape index (κ3) is 8.40. The van der Waals surface area contributed by atoms with E-state index in [1.807, 2.05) is 17.8 Å². The first-order valence-electron chi connectivity index (χ1n) is 12.4. The van der Waals surface area contributed by atoms with Crippen LogP contribution in [0.25, 0.3) is 0 Å². The van der Waals surface area contributed by atoms with E-state index in [0.29, 0.717) is 13.2 Å². The maximum atomic E-state index is 12.2. The normalized spacial score (nSPS) is 16.5. The third-order valence-electron chi connectivity index (χ3n) is 7.24. The summed E-state index contributed by atoms with van der Waals surface area (Å²) in [7, 11) is 1.69. The molecule has 0 aliphatic carbocycles. The van der Waals surface area contributed by atoms with Crippen molar-refractivity contribution >= 4 is 11.8 Å². The molecular formula is C25H47N5O3. The zero-order valence-electron chi connectivity index (χ0n) is 22.4. The van der Waals surface area contributed by atoms with Gasteiger partial charge in [0, 0.05) is 44.7 Å². The van der Waals surface area contributed by atoms with Crippen molar-refractivity contribution in [3.05, 3.63) is 11.9 Å². The summed E-state index contributed by atoms with van der Waals surface area (Å²) in [6, 6.07) is 0. The standard InChI is InChI=1S/C25H47N5O3/c1-10-20(22(32)26-9)17-23(5,6)21-18-30(29-28-21)24(7,11-2)14-16-33-25(8,12-3)13-15-27-19(4)31/h18,20H,10-17H2,1-9H3,(H,26,32)(H,27,31). The van der Waals surface area contributed by atoms with Crippen molar-refractivity contribution in [1.82, 2.24) is 25.6 Å². The van der Waals surface area contributed by atoms with Gasteiger partial charge in [0.25, 0.3) is 0 Å².